The van der Waals surface area contributed by atoms with Gasteiger partial charge in [-0.2, -0.15) is 5.26 Å². The predicted octanol–water partition coefficient (Wildman–Crippen LogP) is 3.37. The fourth-order valence-electron chi connectivity index (χ4n) is 2.13. The maximum Gasteiger partial charge on any atom is 0.337 e. The molecule has 0 radical (unpaired) electrons. The van der Waals surface area contributed by atoms with Crippen LogP contribution in [0.3, 0.4) is 0 Å². The molecule has 2 rings (SSSR count). The first-order valence-electron chi connectivity index (χ1n) is 6.45. The molecule has 0 aliphatic rings. The Hall–Kier alpha value is -2.41. The number of hydrogen-bond acceptors (Lipinski definition) is 3. The normalized spacial score (nSPS) is 13.9. The molecule has 0 saturated heterocycles. The van der Waals surface area contributed by atoms with E-state index in [2.05, 4.69) is 11.1 Å². The van der Waals surface area contributed by atoms with Gasteiger partial charge in [0, 0.05) is 5.39 Å². The van der Waals surface area contributed by atoms with Crippen molar-refractivity contribution in [2.24, 2.45) is 5.92 Å². The van der Waals surface area contributed by atoms with Crippen LogP contribution >= 0.6 is 0 Å². The number of fused-ring (bicyclic) bond motifs is 1. The van der Waals surface area contributed by atoms with Crippen molar-refractivity contribution in [1.29, 1.82) is 5.26 Å². The second kappa shape index (κ2) is 4.93. The zero-order valence-corrected chi connectivity index (χ0v) is 11.7. The Morgan fingerprint density at radius 2 is 2.05 bits per heavy atom. The third kappa shape index (κ3) is 2.12. The summed E-state index contributed by atoms with van der Waals surface area (Å²) in [5.74, 6) is -1.10. The molecule has 1 heterocycles. The number of hydrogen-bond donors (Lipinski definition) is 1. The summed E-state index contributed by atoms with van der Waals surface area (Å²) in [7, 11) is 0. The number of rotatable bonds is 3. The lowest BCUT2D eigenvalue weighted by molar-refractivity contribution is 0.0693. The molecule has 0 amide bonds. The molecule has 0 aliphatic heterocycles. The molecule has 0 aliphatic carbocycles. The first-order valence-corrected chi connectivity index (χ1v) is 6.45. The topological polar surface area (TPSA) is 74.0 Å². The van der Waals surface area contributed by atoms with Gasteiger partial charge in [0.2, 0.25) is 0 Å². The second-order valence-electron chi connectivity index (χ2n) is 5.35. The van der Waals surface area contributed by atoms with E-state index in [9.17, 15) is 15.2 Å². The zero-order chi connectivity index (χ0) is 14.9. The highest BCUT2D eigenvalue weighted by Crippen LogP contribution is 2.33. The van der Waals surface area contributed by atoms with Gasteiger partial charge in [-0.1, -0.05) is 32.0 Å². The highest BCUT2D eigenvalue weighted by atomic mass is 16.4. The zero-order valence-electron chi connectivity index (χ0n) is 11.7. The number of nitriles is 1. The lowest BCUT2D eigenvalue weighted by atomic mass is 9.75. The molecule has 102 valence electrons. The van der Waals surface area contributed by atoms with Crippen molar-refractivity contribution in [3.05, 3.63) is 41.6 Å². The molecule has 1 unspecified atom stereocenters. The van der Waals surface area contributed by atoms with E-state index in [1.165, 1.54) is 0 Å². The van der Waals surface area contributed by atoms with Crippen molar-refractivity contribution in [1.82, 2.24) is 4.98 Å². The van der Waals surface area contributed by atoms with Gasteiger partial charge in [0.15, 0.2) is 0 Å². The van der Waals surface area contributed by atoms with E-state index in [1.54, 1.807) is 13.0 Å². The lowest BCUT2D eigenvalue weighted by Gasteiger charge is -2.27. The van der Waals surface area contributed by atoms with Gasteiger partial charge in [0.05, 0.1) is 28.3 Å². The molecule has 1 N–H and O–H groups in total. The van der Waals surface area contributed by atoms with E-state index in [1.807, 2.05) is 38.1 Å². The van der Waals surface area contributed by atoms with Gasteiger partial charge < -0.3 is 5.11 Å². The summed E-state index contributed by atoms with van der Waals surface area (Å²) >= 11 is 0. The summed E-state index contributed by atoms with van der Waals surface area (Å²) < 4.78 is 0. The van der Waals surface area contributed by atoms with Crippen LogP contribution in [0.1, 0.15) is 36.8 Å². The minimum atomic E-state index is -1.06. The third-order valence-electron chi connectivity index (χ3n) is 3.83. The fraction of sp³-hybridized carbons (Fsp3) is 0.312. The van der Waals surface area contributed by atoms with Crippen LogP contribution in [-0.2, 0) is 5.41 Å². The Morgan fingerprint density at radius 1 is 1.40 bits per heavy atom. The molecule has 1 aromatic heterocycles. The smallest absolute Gasteiger partial charge is 0.337 e. The number of para-hydroxylation sites is 1. The monoisotopic (exact) mass is 268 g/mol. The van der Waals surface area contributed by atoms with Crippen molar-refractivity contribution in [2.75, 3.05) is 0 Å². The maximum atomic E-state index is 11.5. The van der Waals surface area contributed by atoms with Crippen LogP contribution in [-0.4, -0.2) is 16.1 Å². The maximum absolute atomic E-state index is 11.5. The van der Waals surface area contributed by atoms with Crippen molar-refractivity contribution in [2.45, 2.75) is 26.2 Å². The lowest BCUT2D eigenvalue weighted by Crippen LogP contribution is -2.30. The molecule has 0 bridgehead atoms. The van der Waals surface area contributed by atoms with E-state index < -0.39 is 11.4 Å². The Kier molecular flexibility index (Phi) is 3.46. The molecule has 1 aromatic carbocycles. The Morgan fingerprint density at radius 3 is 2.60 bits per heavy atom. The quantitative estimate of drug-likeness (QED) is 0.926. The van der Waals surface area contributed by atoms with Gasteiger partial charge in [-0.15, -0.1) is 0 Å². The Balaban J connectivity index is 2.83. The SMILES string of the molecule is CC(C)C(C)(C#N)c1nc2ccccc2cc1C(=O)O. The largest absolute Gasteiger partial charge is 0.478 e. The first-order chi connectivity index (χ1) is 9.40. The highest BCUT2D eigenvalue weighted by Gasteiger charge is 2.36. The molecular weight excluding hydrogens is 252 g/mol. The number of carboxylic acids is 1. The van der Waals surface area contributed by atoms with Gasteiger partial charge >= 0.3 is 5.97 Å². The Labute approximate surface area is 117 Å². The standard InChI is InChI=1S/C16H16N2O2/c1-10(2)16(3,9-17)14-12(15(19)20)8-11-6-4-5-7-13(11)18-14/h4-8,10H,1-3H3,(H,19,20). The summed E-state index contributed by atoms with van der Waals surface area (Å²) in [5, 5.41) is 19.7. The van der Waals surface area contributed by atoms with Gasteiger partial charge in [-0.3, -0.25) is 4.98 Å². The summed E-state index contributed by atoms with van der Waals surface area (Å²) in [6.45, 7) is 5.53. The van der Waals surface area contributed by atoms with E-state index in [0.717, 1.165) is 5.39 Å². The number of carbonyl (C=O) groups is 1. The van der Waals surface area contributed by atoms with Crippen LogP contribution < -0.4 is 0 Å². The second-order valence-corrected chi connectivity index (χ2v) is 5.35. The van der Waals surface area contributed by atoms with Crippen LogP contribution in [0.15, 0.2) is 30.3 Å². The average molecular weight is 268 g/mol. The minimum absolute atomic E-state index is 0.0423. The number of pyridine rings is 1. The number of aromatic nitrogens is 1. The summed E-state index contributed by atoms with van der Waals surface area (Å²) in [5.41, 5.74) is 0.204. The Bertz CT molecular complexity index is 716. The average Bonchev–Trinajstić information content (AvgIpc) is 2.44. The van der Waals surface area contributed by atoms with Gasteiger partial charge in [0.25, 0.3) is 0 Å². The molecule has 2 aromatic rings. The molecule has 4 nitrogen and oxygen atoms in total. The van der Waals surface area contributed by atoms with E-state index in [0.29, 0.717) is 11.2 Å². The van der Waals surface area contributed by atoms with E-state index >= 15 is 0 Å². The number of carboxylic acid groups (broad SMARTS) is 1. The first kappa shape index (κ1) is 14.0. The summed E-state index contributed by atoms with van der Waals surface area (Å²) in [6.07, 6.45) is 0. The van der Waals surface area contributed by atoms with Crippen LogP contribution in [0.5, 0.6) is 0 Å². The molecule has 0 spiro atoms. The van der Waals surface area contributed by atoms with Crippen molar-refractivity contribution in [3.8, 4) is 6.07 Å². The van der Waals surface area contributed by atoms with E-state index in [4.69, 9.17) is 0 Å². The van der Waals surface area contributed by atoms with Crippen LogP contribution in [0.2, 0.25) is 0 Å². The molecule has 0 fully saturated rings. The molecule has 20 heavy (non-hydrogen) atoms. The molecule has 0 saturated carbocycles. The number of nitrogens with zero attached hydrogens (tertiary/aromatic N) is 2. The number of benzene rings is 1. The van der Waals surface area contributed by atoms with Crippen LogP contribution in [0, 0.1) is 17.2 Å². The third-order valence-corrected chi connectivity index (χ3v) is 3.83. The number of aromatic carboxylic acids is 1. The van der Waals surface area contributed by atoms with Gasteiger partial charge in [-0.05, 0) is 25.0 Å². The van der Waals surface area contributed by atoms with Gasteiger partial charge in [0.1, 0.15) is 0 Å². The fourth-order valence-corrected chi connectivity index (χ4v) is 2.13. The minimum Gasteiger partial charge on any atom is -0.478 e. The summed E-state index contributed by atoms with van der Waals surface area (Å²) in [6, 6.07) is 11.1. The van der Waals surface area contributed by atoms with Crippen LogP contribution in [0.25, 0.3) is 10.9 Å². The molecule has 1 atom stereocenters. The van der Waals surface area contributed by atoms with Gasteiger partial charge in [-0.25, -0.2) is 4.79 Å². The molecular formula is C16H16N2O2. The molecule has 4 heteroatoms. The highest BCUT2D eigenvalue weighted by molar-refractivity contribution is 5.94. The van der Waals surface area contributed by atoms with Crippen molar-refractivity contribution < 1.29 is 9.90 Å². The van der Waals surface area contributed by atoms with Crippen molar-refractivity contribution >= 4 is 16.9 Å². The van der Waals surface area contributed by atoms with Crippen LogP contribution in [0.4, 0.5) is 0 Å². The van der Waals surface area contributed by atoms with Crippen molar-refractivity contribution in [3.63, 3.8) is 0 Å². The summed E-state index contributed by atoms with van der Waals surface area (Å²) in [4.78, 5) is 16.0. The predicted molar refractivity (Wildman–Crippen MR) is 76.5 cm³/mol. The van der Waals surface area contributed by atoms with E-state index in [-0.39, 0.29) is 11.5 Å².